The van der Waals surface area contributed by atoms with Crippen LogP contribution in [-0.4, -0.2) is 17.2 Å². The number of carbonyl (C=O) groups is 2. The maximum atomic E-state index is 14.4. The molecule has 194 valence electrons. The Morgan fingerprint density at radius 1 is 0.947 bits per heavy atom. The Bertz CT molecular complexity index is 1530. The Hall–Kier alpha value is -4.11. The van der Waals surface area contributed by atoms with E-state index in [1.165, 1.54) is 19.1 Å². The molecule has 4 aromatic rings. The summed E-state index contributed by atoms with van der Waals surface area (Å²) in [7, 11) is 0. The third-order valence-electron chi connectivity index (χ3n) is 6.72. The van der Waals surface area contributed by atoms with Crippen LogP contribution in [0.4, 0.5) is 23.7 Å². The molecule has 1 unspecified atom stereocenters. The van der Waals surface area contributed by atoms with Gasteiger partial charge >= 0.3 is 12.1 Å². The molecule has 1 atom stereocenters. The van der Waals surface area contributed by atoms with Crippen LogP contribution in [0.15, 0.2) is 72.8 Å². The van der Waals surface area contributed by atoms with Crippen molar-refractivity contribution in [2.75, 3.05) is 5.32 Å². The third-order valence-corrected chi connectivity index (χ3v) is 7.67. The fourth-order valence-electron chi connectivity index (χ4n) is 4.44. The Morgan fingerprint density at radius 2 is 1.63 bits per heavy atom. The van der Waals surface area contributed by atoms with E-state index in [4.69, 9.17) is 4.74 Å². The van der Waals surface area contributed by atoms with E-state index in [1.54, 1.807) is 24.3 Å². The molecule has 3 aromatic carbocycles. The average Bonchev–Trinajstić information content (AvgIpc) is 3.64. The van der Waals surface area contributed by atoms with E-state index in [2.05, 4.69) is 5.32 Å². The number of anilines is 1. The summed E-state index contributed by atoms with van der Waals surface area (Å²) in [5, 5.41) is 11.6. The SMILES string of the molecule is CC(OC(=O)Nc1cc(F)sc1-c1ccccc1-c1ccc(C2(C(=O)O)CC2)cc1)c1ccc(F)c(F)c1. The third kappa shape index (κ3) is 4.89. The second-order valence-electron chi connectivity index (χ2n) is 9.15. The summed E-state index contributed by atoms with van der Waals surface area (Å²) in [6.07, 6.45) is -0.561. The Morgan fingerprint density at radius 3 is 2.26 bits per heavy atom. The molecule has 5 nitrogen and oxygen atoms in total. The summed E-state index contributed by atoms with van der Waals surface area (Å²) in [6.45, 7) is 1.51. The molecule has 0 radical (unpaired) electrons. The van der Waals surface area contributed by atoms with E-state index in [1.807, 2.05) is 24.3 Å². The van der Waals surface area contributed by atoms with Gasteiger partial charge in [0.15, 0.2) is 16.8 Å². The normalized spacial score (nSPS) is 14.5. The van der Waals surface area contributed by atoms with Crippen LogP contribution < -0.4 is 5.32 Å². The van der Waals surface area contributed by atoms with Crippen LogP contribution in [0.1, 0.15) is 37.0 Å². The minimum Gasteiger partial charge on any atom is -0.481 e. The summed E-state index contributed by atoms with van der Waals surface area (Å²) in [5.41, 5.74) is 2.63. The van der Waals surface area contributed by atoms with Gasteiger partial charge in [0.25, 0.3) is 0 Å². The van der Waals surface area contributed by atoms with Crippen molar-refractivity contribution in [1.82, 2.24) is 0 Å². The van der Waals surface area contributed by atoms with E-state index in [0.29, 0.717) is 23.3 Å². The second-order valence-corrected chi connectivity index (χ2v) is 10.2. The summed E-state index contributed by atoms with van der Waals surface area (Å²) >= 11 is 0.853. The molecule has 1 aliphatic rings. The van der Waals surface area contributed by atoms with Crippen LogP contribution in [0.2, 0.25) is 0 Å². The number of halogens is 3. The van der Waals surface area contributed by atoms with Crippen molar-refractivity contribution in [3.05, 3.63) is 101 Å². The molecule has 0 aliphatic heterocycles. The van der Waals surface area contributed by atoms with Gasteiger partial charge in [0.05, 0.1) is 16.0 Å². The number of ether oxygens (including phenoxy) is 1. The summed E-state index contributed by atoms with van der Waals surface area (Å²) in [5.74, 6) is -2.90. The molecule has 0 spiro atoms. The highest BCUT2D eigenvalue weighted by atomic mass is 32.1. The predicted octanol–water partition coefficient (Wildman–Crippen LogP) is 7.93. The highest BCUT2D eigenvalue weighted by molar-refractivity contribution is 7.14. The number of aliphatic carboxylic acids is 1. The van der Waals surface area contributed by atoms with Crippen molar-refractivity contribution in [3.63, 3.8) is 0 Å². The van der Waals surface area contributed by atoms with Gasteiger partial charge in [0.1, 0.15) is 6.10 Å². The molecule has 38 heavy (non-hydrogen) atoms. The number of nitrogens with one attached hydrogen (secondary N) is 1. The van der Waals surface area contributed by atoms with Crippen LogP contribution in [0.25, 0.3) is 21.6 Å². The molecule has 1 fully saturated rings. The van der Waals surface area contributed by atoms with Crippen molar-refractivity contribution in [3.8, 4) is 21.6 Å². The molecule has 0 saturated heterocycles. The number of carbonyl (C=O) groups excluding carboxylic acids is 1. The molecule has 1 heterocycles. The van der Waals surface area contributed by atoms with Crippen molar-refractivity contribution in [1.29, 1.82) is 0 Å². The molecule has 1 saturated carbocycles. The maximum absolute atomic E-state index is 14.4. The largest absolute Gasteiger partial charge is 0.481 e. The maximum Gasteiger partial charge on any atom is 0.412 e. The van der Waals surface area contributed by atoms with Crippen LogP contribution in [0, 0.1) is 16.8 Å². The highest BCUT2D eigenvalue weighted by Crippen LogP contribution is 2.49. The summed E-state index contributed by atoms with van der Waals surface area (Å²) in [6, 6.07) is 19.0. The van der Waals surface area contributed by atoms with E-state index >= 15 is 0 Å². The van der Waals surface area contributed by atoms with E-state index in [0.717, 1.165) is 40.2 Å². The minimum absolute atomic E-state index is 0.196. The predicted molar refractivity (Wildman–Crippen MR) is 139 cm³/mol. The van der Waals surface area contributed by atoms with Crippen LogP contribution >= 0.6 is 11.3 Å². The number of carboxylic acids is 1. The van der Waals surface area contributed by atoms with Gasteiger partial charge in [0, 0.05) is 11.6 Å². The lowest BCUT2D eigenvalue weighted by Crippen LogP contribution is -2.19. The van der Waals surface area contributed by atoms with E-state index in [-0.39, 0.29) is 11.3 Å². The number of benzene rings is 3. The first-order valence-corrected chi connectivity index (χ1v) is 12.7. The first-order chi connectivity index (χ1) is 18.2. The molecular weight excluding hydrogens is 515 g/mol. The van der Waals surface area contributed by atoms with Crippen LogP contribution in [0.3, 0.4) is 0 Å². The van der Waals surface area contributed by atoms with Crippen LogP contribution in [0.5, 0.6) is 0 Å². The van der Waals surface area contributed by atoms with Gasteiger partial charge in [-0.25, -0.2) is 13.6 Å². The number of carboxylic acid groups (broad SMARTS) is 1. The van der Waals surface area contributed by atoms with Gasteiger partial charge in [-0.3, -0.25) is 10.1 Å². The molecule has 1 aliphatic carbocycles. The fourth-order valence-corrected chi connectivity index (χ4v) is 5.32. The Labute approximate surface area is 220 Å². The lowest BCUT2D eigenvalue weighted by atomic mass is 9.92. The smallest absolute Gasteiger partial charge is 0.412 e. The zero-order valence-corrected chi connectivity index (χ0v) is 21.0. The van der Waals surface area contributed by atoms with Crippen molar-refractivity contribution >= 4 is 29.1 Å². The lowest BCUT2D eigenvalue weighted by Gasteiger charge is -2.16. The van der Waals surface area contributed by atoms with Crippen molar-refractivity contribution < 1.29 is 32.6 Å². The zero-order valence-electron chi connectivity index (χ0n) is 20.1. The van der Waals surface area contributed by atoms with Gasteiger partial charge < -0.3 is 9.84 Å². The van der Waals surface area contributed by atoms with Gasteiger partial charge in [-0.15, -0.1) is 11.3 Å². The molecule has 5 rings (SSSR count). The molecule has 2 N–H and O–H groups in total. The molecule has 0 bridgehead atoms. The van der Waals surface area contributed by atoms with Gasteiger partial charge in [0.2, 0.25) is 0 Å². The molecule has 9 heteroatoms. The topological polar surface area (TPSA) is 75.6 Å². The van der Waals surface area contributed by atoms with E-state index < -0.39 is 40.3 Å². The minimum atomic E-state index is -1.06. The molecular formula is C29H22F3NO4S. The number of rotatable bonds is 7. The highest BCUT2D eigenvalue weighted by Gasteiger charge is 2.51. The van der Waals surface area contributed by atoms with E-state index in [9.17, 15) is 27.9 Å². The quantitative estimate of drug-likeness (QED) is 0.251. The Balaban J connectivity index is 1.39. The second kappa shape index (κ2) is 9.98. The fraction of sp³-hybridized carbons (Fsp3) is 0.172. The van der Waals surface area contributed by atoms with Crippen LogP contribution in [-0.2, 0) is 14.9 Å². The summed E-state index contributed by atoms with van der Waals surface area (Å²) in [4.78, 5) is 24.8. The Kier molecular flexibility index (Phi) is 6.71. The monoisotopic (exact) mass is 537 g/mol. The standard InChI is InChI=1S/C29H22F3NO4S/c1-16(18-8-11-22(30)23(31)14-18)37-28(36)33-24-15-25(32)38-26(24)21-5-3-2-4-20(21)17-6-9-19(10-7-17)29(12-13-29)27(34)35/h2-11,14-16H,12-13H2,1H3,(H,33,36)(H,34,35). The average molecular weight is 538 g/mol. The first-order valence-electron chi connectivity index (χ1n) is 11.8. The zero-order chi connectivity index (χ0) is 27.0. The van der Waals surface area contributed by atoms with Crippen molar-refractivity contribution in [2.45, 2.75) is 31.3 Å². The van der Waals surface area contributed by atoms with Crippen molar-refractivity contribution in [2.24, 2.45) is 0 Å². The number of amides is 1. The number of hydrogen-bond acceptors (Lipinski definition) is 4. The number of thiophene rings is 1. The molecule has 1 amide bonds. The van der Waals surface area contributed by atoms with Gasteiger partial charge in [-0.1, -0.05) is 54.6 Å². The van der Waals surface area contributed by atoms with Gasteiger partial charge in [-0.05, 0) is 54.2 Å². The summed E-state index contributed by atoms with van der Waals surface area (Å²) < 4.78 is 46.5. The first kappa shape index (κ1) is 25.5. The number of hydrogen-bond donors (Lipinski definition) is 2. The molecule has 1 aromatic heterocycles. The lowest BCUT2D eigenvalue weighted by molar-refractivity contribution is -0.140. The van der Waals surface area contributed by atoms with Gasteiger partial charge in [-0.2, -0.15) is 4.39 Å².